The number of nitriles is 2. The van der Waals surface area contributed by atoms with Crippen LogP contribution in [0.5, 0.6) is 0 Å². The molecule has 2 aliphatic rings. The summed E-state index contributed by atoms with van der Waals surface area (Å²) in [4.78, 5) is 15.1. The van der Waals surface area contributed by atoms with Crippen LogP contribution in [0.15, 0.2) is 72.8 Å². The molecule has 0 amide bonds. The zero-order chi connectivity index (χ0) is 43.7. The molecule has 9 rings (SSSR count). The second kappa shape index (κ2) is 14.8. The van der Waals surface area contributed by atoms with Crippen LogP contribution in [-0.4, -0.2) is 19.9 Å². The Morgan fingerprint density at radius 2 is 0.581 bits per heavy atom. The maximum Gasteiger partial charge on any atom is 0.200 e. The lowest BCUT2D eigenvalue weighted by atomic mass is 10.0. The van der Waals surface area contributed by atoms with Gasteiger partial charge in [0.05, 0.1) is 57.2 Å². The lowest BCUT2D eigenvalue weighted by Crippen LogP contribution is -2.05. The number of aromatic nitrogens is 4. The van der Waals surface area contributed by atoms with Gasteiger partial charge >= 0.3 is 0 Å². The third-order valence-electron chi connectivity index (χ3n) is 10.3. The number of rotatable bonds is 4. The van der Waals surface area contributed by atoms with Crippen molar-refractivity contribution in [3.63, 3.8) is 0 Å². The van der Waals surface area contributed by atoms with Crippen LogP contribution >= 0.6 is 0 Å². The van der Waals surface area contributed by atoms with Gasteiger partial charge in [-0.15, -0.1) is 0 Å². The summed E-state index contributed by atoms with van der Waals surface area (Å²) in [5.74, 6) is -22.3. The van der Waals surface area contributed by atoms with E-state index in [4.69, 9.17) is 0 Å². The molecule has 2 aliphatic heterocycles. The van der Waals surface area contributed by atoms with Crippen molar-refractivity contribution in [1.29, 1.82) is 10.5 Å². The van der Waals surface area contributed by atoms with E-state index in [0.29, 0.717) is 11.1 Å². The molecule has 0 saturated heterocycles. The summed E-state index contributed by atoms with van der Waals surface area (Å²) in [5.41, 5.74) is -3.26. The summed E-state index contributed by atoms with van der Waals surface area (Å²) in [5, 5.41) is 19.0. The highest BCUT2D eigenvalue weighted by atomic mass is 19.2. The average Bonchev–Trinajstić information content (AvgIpc) is 4.14. The van der Waals surface area contributed by atoms with Crippen molar-refractivity contribution in [3.05, 3.63) is 165 Å². The molecule has 0 saturated carbocycles. The molecule has 0 spiro atoms. The Balaban J connectivity index is 1.52. The monoisotopic (exact) mass is 844 g/mol. The van der Waals surface area contributed by atoms with Gasteiger partial charge in [0.25, 0.3) is 0 Å². The van der Waals surface area contributed by atoms with Crippen molar-refractivity contribution in [2.75, 3.05) is 0 Å². The van der Waals surface area contributed by atoms with Gasteiger partial charge in [-0.05, 0) is 84.0 Å². The summed E-state index contributed by atoms with van der Waals surface area (Å²) >= 11 is 0. The highest BCUT2D eigenvalue weighted by molar-refractivity contribution is 6.00. The first kappa shape index (κ1) is 39.2. The number of aromatic amines is 2. The Kier molecular flexibility index (Phi) is 9.36. The van der Waals surface area contributed by atoms with Gasteiger partial charge in [-0.25, -0.2) is 53.9 Å². The van der Waals surface area contributed by atoms with Crippen molar-refractivity contribution < 1.29 is 43.9 Å². The molecular formula is C46H18F10N6. The van der Waals surface area contributed by atoms with E-state index in [1.54, 1.807) is 0 Å². The SMILES string of the molecule is N#Cc1ccc(-c2c3nc(c(-c4c(F)c(F)c(F)c(F)c4F)c4ccc([nH]4)c(-c4ccc(C#N)cc4)c4nc(c(-c5c(F)c(F)c(F)c(F)c5F)c5ccc2[nH]5)C=C4)C=C3)cc1. The number of halogens is 10. The Morgan fingerprint density at radius 3 is 0.871 bits per heavy atom. The molecule has 6 nitrogen and oxygen atoms in total. The average molecular weight is 845 g/mol. The standard InChI is InChI=1S/C46H18F10N6/c47-37-35(38(48)42(52)45(55)41(37)51)33-27-13-9-23(59-27)31(21-5-1-19(17-57)2-6-21)24-10-14-28(60-24)34(36-39(49)43(53)46(56)44(54)40(36)50)30-16-12-26(62-30)32(25-11-15-29(33)61-25)22-7-3-20(18-58)4-8-22/h1-16,59,62H. The molecule has 62 heavy (non-hydrogen) atoms. The number of hydrogen-bond acceptors (Lipinski definition) is 4. The van der Waals surface area contributed by atoms with Gasteiger partial charge in [-0.2, -0.15) is 10.5 Å². The summed E-state index contributed by atoms with van der Waals surface area (Å²) in [7, 11) is 0. The van der Waals surface area contributed by atoms with E-state index < -0.39 is 80.4 Å². The zero-order valence-electron chi connectivity index (χ0n) is 30.8. The van der Waals surface area contributed by atoms with E-state index >= 15 is 17.6 Å². The van der Waals surface area contributed by atoms with Crippen molar-refractivity contribution in [2.24, 2.45) is 0 Å². The van der Waals surface area contributed by atoms with Crippen molar-refractivity contribution >= 4 is 46.4 Å². The second-order valence-electron chi connectivity index (χ2n) is 13.8. The number of benzene rings is 4. The maximum absolute atomic E-state index is 15.8. The van der Waals surface area contributed by atoms with Crippen molar-refractivity contribution in [3.8, 4) is 56.6 Å². The minimum absolute atomic E-state index is 0.00491. The molecule has 0 radical (unpaired) electrons. The summed E-state index contributed by atoms with van der Waals surface area (Å²) in [6, 6.07) is 21.0. The minimum atomic E-state index is -2.39. The fourth-order valence-corrected chi connectivity index (χ4v) is 7.41. The number of nitrogens with one attached hydrogen (secondary N) is 2. The van der Waals surface area contributed by atoms with Gasteiger partial charge in [-0.3, -0.25) is 0 Å². The molecule has 0 unspecified atom stereocenters. The van der Waals surface area contributed by atoms with Gasteiger partial charge in [0.2, 0.25) is 11.6 Å². The van der Waals surface area contributed by atoms with Crippen molar-refractivity contribution in [2.45, 2.75) is 0 Å². The van der Waals surface area contributed by atoms with Gasteiger partial charge in [0.1, 0.15) is 0 Å². The Bertz CT molecular complexity index is 3140. The fraction of sp³-hybridized carbons (Fsp3) is 0. The van der Waals surface area contributed by atoms with Gasteiger partial charge in [0, 0.05) is 44.3 Å². The molecule has 7 aromatic rings. The maximum atomic E-state index is 15.8. The predicted octanol–water partition coefficient (Wildman–Crippen LogP) is 12.5. The van der Waals surface area contributed by atoms with Gasteiger partial charge in [0.15, 0.2) is 46.5 Å². The highest BCUT2D eigenvalue weighted by Gasteiger charge is 2.31. The van der Waals surface area contributed by atoms with Crippen LogP contribution in [0, 0.1) is 80.8 Å². The van der Waals surface area contributed by atoms with E-state index in [9.17, 15) is 36.9 Å². The molecule has 4 aromatic carbocycles. The normalized spacial score (nSPS) is 11.9. The van der Waals surface area contributed by atoms with E-state index in [1.165, 1.54) is 97.1 Å². The third-order valence-corrected chi connectivity index (χ3v) is 10.3. The van der Waals surface area contributed by atoms with Crippen LogP contribution in [0.4, 0.5) is 43.9 Å². The molecule has 3 aromatic heterocycles. The molecule has 2 N–H and O–H groups in total. The third kappa shape index (κ3) is 6.11. The van der Waals surface area contributed by atoms with Crippen molar-refractivity contribution in [1.82, 2.24) is 19.9 Å². The smallest absolute Gasteiger partial charge is 0.200 e. The molecule has 302 valence electrons. The fourth-order valence-electron chi connectivity index (χ4n) is 7.41. The van der Waals surface area contributed by atoms with Crippen LogP contribution in [0.1, 0.15) is 33.9 Å². The Hall–Kier alpha value is -8.24. The lowest BCUT2D eigenvalue weighted by Gasteiger charge is -2.10. The Labute approximate surface area is 341 Å². The summed E-state index contributed by atoms with van der Waals surface area (Å²) in [6.07, 6.45) is 5.20. The molecule has 16 heteroatoms. The van der Waals surface area contributed by atoms with Gasteiger partial charge < -0.3 is 9.97 Å². The van der Waals surface area contributed by atoms with Crippen LogP contribution in [0.3, 0.4) is 0 Å². The summed E-state index contributed by atoms with van der Waals surface area (Å²) < 4.78 is 152. The number of nitrogens with zero attached hydrogens (tertiary/aromatic N) is 4. The molecule has 0 aliphatic carbocycles. The van der Waals surface area contributed by atoms with Crippen LogP contribution in [0.2, 0.25) is 0 Å². The van der Waals surface area contributed by atoms with E-state index in [1.807, 2.05) is 12.1 Å². The lowest BCUT2D eigenvalue weighted by molar-refractivity contribution is 0.381. The first-order valence-electron chi connectivity index (χ1n) is 18.0. The predicted molar refractivity (Wildman–Crippen MR) is 210 cm³/mol. The van der Waals surface area contributed by atoms with Crippen LogP contribution in [-0.2, 0) is 0 Å². The number of H-pyrrole nitrogens is 2. The molecular weight excluding hydrogens is 827 g/mol. The first-order valence-corrected chi connectivity index (χ1v) is 18.0. The van der Waals surface area contributed by atoms with E-state index in [-0.39, 0.29) is 67.1 Å². The van der Waals surface area contributed by atoms with E-state index in [2.05, 4.69) is 19.9 Å². The zero-order valence-corrected chi connectivity index (χ0v) is 30.8. The molecule has 0 atom stereocenters. The first-order chi connectivity index (χ1) is 29.8. The molecule has 5 heterocycles. The van der Waals surface area contributed by atoms with Crippen LogP contribution < -0.4 is 0 Å². The molecule has 8 bridgehead atoms. The van der Waals surface area contributed by atoms with Crippen LogP contribution in [0.25, 0.3) is 90.9 Å². The number of fused-ring (bicyclic) bond motifs is 8. The highest BCUT2D eigenvalue weighted by Crippen LogP contribution is 2.42. The molecule has 0 fully saturated rings. The second-order valence-corrected chi connectivity index (χ2v) is 13.8. The minimum Gasteiger partial charge on any atom is -0.354 e. The quantitative estimate of drug-likeness (QED) is 0.105. The van der Waals surface area contributed by atoms with Gasteiger partial charge in [-0.1, -0.05) is 24.3 Å². The summed E-state index contributed by atoms with van der Waals surface area (Å²) in [6.45, 7) is 0. The Morgan fingerprint density at radius 1 is 0.323 bits per heavy atom. The van der Waals surface area contributed by atoms with E-state index in [0.717, 1.165) is 0 Å². The topological polar surface area (TPSA) is 105 Å². The largest absolute Gasteiger partial charge is 0.354 e. The number of hydrogen-bond donors (Lipinski definition) is 2.